The summed E-state index contributed by atoms with van der Waals surface area (Å²) in [7, 11) is 0. The van der Waals surface area contributed by atoms with Crippen molar-refractivity contribution >= 4 is 5.91 Å². The topological polar surface area (TPSA) is 55.1 Å². The fourth-order valence-corrected chi connectivity index (χ4v) is 1.75. The van der Waals surface area contributed by atoms with Crippen molar-refractivity contribution in [2.45, 2.75) is 13.1 Å². The van der Waals surface area contributed by atoms with Gasteiger partial charge in [-0.2, -0.15) is 0 Å². The van der Waals surface area contributed by atoms with Crippen LogP contribution in [0.5, 0.6) is 0 Å². The molecule has 0 aliphatic rings. The van der Waals surface area contributed by atoms with Crippen LogP contribution in [0.15, 0.2) is 48.5 Å². The van der Waals surface area contributed by atoms with Crippen molar-refractivity contribution in [2.75, 3.05) is 0 Å². The second-order valence-corrected chi connectivity index (χ2v) is 4.21. The summed E-state index contributed by atoms with van der Waals surface area (Å²) in [5.74, 6) is -0.578. The van der Waals surface area contributed by atoms with Crippen LogP contribution in [0.3, 0.4) is 0 Å². The Hall–Kier alpha value is -2.20. The van der Waals surface area contributed by atoms with Crippen LogP contribution in [0.1, 0.15) is 21.5 Å². The Morgan fingerprint density at radius 3 is 2.47 bits per heavy atom. The molecule has 0 radical (unpaired) electrons. The smallest absolute Gasteiger partial charge is 0.251 e. The normalized spacial score (nSPS) is 10.2. The average Bonchev–Trinajstić information content (AvgIpc) is 2.46. The highest BCUT2D eigenvalue weighted by Gasteiger charge is 2.05. The van der Waals surface area contributed by atoms with Crippen molar-refractivity contribution in [1.82, 2.24) is 5.32 Å². The zero-order valence-electron chi connectivity index (χ0n) is 10.4. The molecule has 0 saturated carbocycles. The molecule has 1 amide bonds. The first-order chi connectivity index (χ1) is 9.19. The maximum absolute atomic E-state index is 12.7. The Bertz CT molecular complexity index is 567. The van der Waals surface area contributed by atoms with Crippen LogP contribution in [-0.2, 0) is 13.1 Å². The SMILES string of the molecule is NCc1cccc(CNC(=O)c2ccc(F)cc2)c1. The van der Waals surface area contributed by atoms with Gasteiger partial charge < -0.3 is 11.1 Å². The maximum Gasteiger partial charge on any atom is 0.251 e. The highest BCUT2D eigenvalue weighted by Crippen LogP contribution is 2.06. The lowest BCUT2D eigenvalue weighted by Crippen LogP contribution is -2.22. The van der Waals surface area contributed by atoms with Gasteiger partial charge in [-0.05, 0) is 35.4 Å². The lowest BCUT2D eigenvalue weighted by molar-refractivity contribution is 0.0951. The van der Waals surface area contributed by atoms with Gasteiger partial charge in [-0.15, -0.1) is 0 Å². The summed E-state index contributed by atoms with van der Waals surface area (Å²) < 4.78 is 12.7. The average molecular weight is 258 g/mol. The number of nitrogens with one attached hydrogen (secondary N) is 1. The number of nitrogens with two attached hydrogens (primary N) is 1. The predicted octanol–water partition coefficient (Wildman–Crippen LogP) is 2.21. The summed E-state index contributed by atoms with van der Waals surface area (Å²) in [5.41, 5.74) is 8.00. The van der Waals surface area contributed by atoms with Crippen LogP contribution in [0.4, 0.5) is 4.39 Å². The predicted molar refractivity (Wildman–Crippen MR) is 71.9 cm³/mol. The van der Waals surface area contributed by atoms with E-state index in [2.05, 4.69) is 5.32 Å². The number of hydrogen-bond acceptors (Lipinski definition) is 2. The van der Waals surface area contributed by atoms with E-state index in [4.69, 9.17) is 5.73 Å². The van der Waals surface area contributed by atoms with Gasteiger partial charge >= 0.3 is 0 Å². The van der Waals surface area contributed by atoms with E-state index in [9.17, 15) is 9.18 Å². The molecular weight excluding hydrogens is 243 g/mol. The number of halogens is 1. The largest absolute Gasteiger partial charge is 0.348 e. The molecular formula is C15H15FN2O. The Kier molecular flexibility index (Phi) is 4.26. The molecule has 0 heterocycles. The van der Waals surface area contributed by atoms with E-state index in [1.54, 1.807) is 0 Å². The number of carbonyl (C=O) groups is 1. The van der Waals surface area contributed by atoms with Gasteiger partial charge in [-0.1, -0.05) is 24.3 Å². The van der Waals surface area contributed by atoms with Gasteiger partial charge in [0, 0.05) is 18.7 Å². The van der Waals surface area contributed by atoms with Gasteiger partial charge in [-0.3, -0.25) is 4.79 Å². The Balaban J connectivity index is 1.98. The molecule has 98 valence electrons. The van der Waals surface area contributed by atoms with Gasteiger partial charge in [-0.25, -0.2) is 4.39 Å². The molecule has 0 aromatic heterocycles. The van der Waals surface area contributed by atoms with E-state index in [-0.39, 0.29) is 11.7 Å². The van der Waals surface area contributed by atoms with Gasteiger partial charge in [0.05, 0.1) is 0 Å². The summed E-state index contributed by atoms with van der Waals surface area (Å²) >= 11 is 0. The maximum atomic E-state index is 12.7. The first kappa shape index (κ1) is 13.2. The van der Waals surface area contributed by atoms with E-state index >= 15 is 0 Å². The van der Waals surface area contributed by atoms with E-state index in [0.29, 0.717) is 18.7 Å². The summed E-state index contributed by atoms with van der Waals surface area (Å²) in [5, 5.41) is 2.78. The van der Waals surface area contributed by atoms with Gasteiger partial charge in [0.25, 0.3) is 5.91 Å². The zero-order chi connectivity index (χ0) is 13.7. The number of carbonyl (C=O) groups excluding carboxylic acids is 1. The number of hydrogen-bond donors (Lipinski definition) is 2. The minimum Gasteiger partial charge on any atom is -0.348 e. The van der Waals surface area contributed by atoms with Crippen LogP contribution in [0.2, 0.25) is 0 Å². The molecule has 0 aliphatic carbocycles. The third kappa shape index (κ3) is 3.63. The lowest BCUT2D eigenvalue weighted by atomic mass is 10.1. The fraction of sp³-hybridized carbons (Fsp3) is 0.133. The van der Waals surface area contributed by atoms with Crippen molar-refractivity contribution in [3.05, 3.63) is 71.0 Å². The van der Waals surface area contributed by atoms with E-state index in [0.717, 1.165) is 11.1 Å². The summed E-state index contributed by atoms with van der Waals surface area (Å²) in [6.07, 6.45) is 0. The summed E-state index contributed by atoms with van der Waals surface area (Å²) in [6.45, 7) is 0.893. The fourth-order valence-electron chi connectivity index (χ4n) is 1.75. The van der Waals surface area contributed by atoms with Crippen LogP contribution in [0, 0.1) is 5.82 Å². The lowest BCUT2D eigenvalue weighted by Gasteiger charge is -2.06. The number of benzene rings is 2. The van der Waals surface area contributed by atoms with Crippen molar-refractivity contribution in [3.63, 3.8) is 0 Å². The summed E-state index contributed by atoms with van der Waals surface area (Å²) in [4.78, 5) is 11.8. The molecule has 4 heteroatoms. The van der Waals surface area contributed by atoms with Crippen LogP contribution in [-0.4, -0.2) is 5.91 Å². The van der Waals surface area contributed by atoms with Gasteiger partial charge in [0.2, 0.25) is 0 Å². The van der Waals surface area contributed by atoms with Crippen molar-refractivity contribution in [1.29, 1.82) is 0 Å². The van der Waals surface area contributed by atoms with Gasteiger partial charge in [0.15, 0.2) is 0 Å². The van der Waals surface area contributed by atoms with E-state index < -0.39 is 0 Å². The molecule has 2 rings (SSSR count). The molecule has 0 aliphatic heterocycles. The molecule has 3 N–H and O–H groups in total. The van der Waals surface area contributed by atoms with Crippen LogP contribution < -0.4 is 11.1 Å². The van der Waals surface area contributed by atoms with Crippen molar-refractivity contribution < 1.29 is 9.18 Å². The minimum absolute atomic E-state index is 0.224. The molecule has 0 unspecified atom stereocenters. The highest BCUT2D eigenvalue weighted by molar-refractivity contribution is 5.94. The molecule has 0 atom stereocenters. The molecule has 2 aromatic rings. The zero-order valence-corrected chi connectivity index (χ0v) is 10.4. The monoisotopic (exact) mass is 258 g/mol. The van der Waals surface area contributed by atoms with Crippen LogP contribution in [0.25, 0.3) is 0 Å². The molecule has 2 aromatic carbocycles. The molecule has 0 bridgehead atoms. The first-order valence-electron chi connectivity index (χ1n) is 6.00. The summed E-state index contributed by atoms with van der Waals surface area (Å²) in [6, 6.07) is 13.2. The molecule has 3 nitrogen and oxygen atoms in total. The highest BCUT2D eigenvalue weighted by atomic mass is 19.1. The third-order valence-electron chi connectivity index (χ3n) is 2.79. The molecule has 0 saturated heterocycles. The van der Waals surface area contributed by atoms with Crippen molar-refractivity contribution in [2.24, 2.45) is 5.73 Å². The quantitative estimate of drug-likeness (QED) is 0.883. The Morgan fingerprint density at radius 1 is 1.11 bits per heavy atom. The molecule has 0 fully saturated rings. The number of rotatable bonds is 4. The molecule has 19 heavy (non-hydrogen) atoms. The second kappa shape index (κ2) is 6.11. The van der Waals surface area contributed by atoms with Crippen LogP contribution >= 0.6 is 0 Å². The Morgan fingerprint density at radius 2 is 1.79 bits per heavy atom. The van der Waals surface area contributed by atoms with E-state index in [1.165, 1.54) is 24.3 Å². The van der Waals surface area contributed by atoms with Gasteiger partial charge in [0.1, 0.15) is 5.82 Å². The minimum atomic E-state index is -0.354. The molecule has 0 spiro atoms. The number of amides is 1. The van der Waals surface area contributed by atoms with E-state index in [1.807, 2.05) is 24.3 Å². The third-order valence-corrected chi connectivity index (χ3v) is 2.79. The first-order valence-corrected chi connectivity index (χ1v) is 6.00. The Labute approximate surface area is 111 Å². The standard InChI is InChI=1S/C15H15FN2O/c16-14-6-4-13(5-7-14)15(19)18-10-12-3-1-2-11(8-12)9-17/h1-8H,9-10,17H2,(H,18,19). The second-order valence-electron chi connectivity index (χ2n) is 4.21. The van der Waals surface area contributed by atoms with Crippen molar-refractivity contribution in [3.8, 4) is 0 Å².